The van der Waals surface area contributed by atoms with Gasteiger partial charge in [0.25, 0.3) is 0 Å². The molecule has 1 aromatic carbocycles. The van der Waals surface area contributed by atoms with Gasteiger partial charge in [-0.15, -0.1) is 0 Å². The minimum absolute atomic E-state index is 0.114. The first-order valence-electron chi connectivity index (χ1n) is 7.82. The summed E-state index contributed by atoms with van der Waals surface area (Å²) < 4.78 is 25.1. The van der Waals surface area contributed by atoms with Gasteiger partial charge in [-0.1, -0.05) is 11.6 Å². The minimum atomic E-state index is -0.437. The van der Waals surface area contributed by atoms with E-state index in [4.69, 9.17) is 21.1 Å². The van der Waals surface area contributed by atoms with Gasteiger partial charge in [0.05, 0.1) is 17.7 Å². The molecule has 4 rings (SSSR count). The minimum Gasteiger partial charge on any atom is -0.493 e. The standard InChI is InChI=1S/C17H23ClFNO2/c1-20-17-7-5-16(6-8-17,10-15(17)21-2)11-22-12-3-4-13(18)14(19)9-12/h3-4,9,15,20H,5-8,10-11H2,1-2H3. The van der Waals surface area contributed by atoms with Crippen molar-refractivity contribution in [1.29, 1.82) is 0 Å². The molecule has 0 heterocycles. The first kappa shape index (κ1) is 16.0. The first-order chi connectivity index (χ1) is 10.5. The average Bonchev–Trinajstić information content (AvgIpc) is 2.57. The summed E-state index contributed by atoms with van der Waals surface area (Å²) in [4.78, 5) is 0. The summed E-state index contributed by atoms with van der Waals surface area (Å²) in [6, 6.07) is 4.62. The van der Waals surface area contributed by atoms with Crippen LogP contribution in [0.2, 0.25) is 5.02 Å². The van der Waals surface area contributed by atoms with Gasteiger partial charge in [-0.25, -0.2) is 4.39 Å². The van der Waals surface area contributed by atoms with E-state index in [-0.39, 0.29) is 22.1 Å². The summed E-state index contributed by atoms with van der Waals surface area (Å²) in [6.07, 6.45) is 5.62. The van der Waals surface area contributed by atoms with Crippen LogP contribution in [0.25, 0.3) is 0 Å². The van der Waals surface area contributed by atoms with Gasteiger partial charge in [0, 0.05) is 24.1 Å². The molecule has 3 fully saturated rings. The van der Waals surface area contributed by atoms with Crippen molar-refractivity contribution in [1.82, 2.24) is 5.32 Å². The molecule has 1 aromatic rings. The van der Waals surface area contributed by atoms with Gasteiger partial charge in [-0.3, -0.25) is 0 Å². The molecular weight excluding hydrogens is 305 g/mol. The molecule has 5 heteroatoms. The SMILES string of the molecule is CNC12CCC(COc3ccc(Cl)c(F)c3)(CC1)CC2OC. The number of likely N-dealkylation sites (N-methyl/N-ethyl adjacent to an activating group) is 1. The number of benzene rings is 1. The second-order valence-corrected chi connectivity index (χ2v) is 7.11. The van der Waals surface area contributed by atoms with Crippen LogP contribution in [-0.4, -0.2) is 32.4 Å². The Balaban J connectivity index is 1.69. The molecule has 2 bridgehead atoms. The van der Waals surface area contributed by atoms with E-state index in [0.29, 0.717) is 12.4 Å². The van der Waals surface area contributed by atoms with Crippen molar-refractivity contribution in [3.63, 3.8) is 0 Å². The Hall–Kier alpha value is -0.840. The molecule has 122 valence electrons. The average molecular weight is 328 g/mol. The van der Waals surface area contributed by atoms with E-state index in [9.17, 15) is 4.39 Å². The van der Waals surface area contributed by atoms with Gasteiger partial charge in [-0.2, -0.15) is 0 Å². The number of fused-ring (bicyclic) bond motifs is 3. The van der Waals surface area contributed by atoms with E-state index in [1.54, 1.807) is 13.2 Å². The van der Waals surface area contributed by atoms with Crippen molar-refractivity contribution in [3.05, 3.63) is 29.0 Å². The third-order valence-corrected chi connectivity index (χ3v) is 5.96. The fraction of sp³-hybridized carbons (Fsp3) is 0.647. The van der Waals surface area contributed by atoms with Crippen LogP contribution in [0.1, 0.15) is 32.1 Å². The first-order valence-corrected chi connectivity index (χ1v) is 8.20. The third kappa shape index (κ3) is 2.72. The Bertz CT molecular complexity index is 543. The van der Waals surface area contributed by atoms with Crippen molar-refractivity contribution in [3.8, 4) is 5.75 Å². The Morgan fingerprint density at radius 2 is 2.05 bits per heavy atom. The van der Waals surface area contributed by atoms with Crippen LogP contribution in [0.3, 0.4) is 0 Å². The summed E-state index contributed by atoms with van der Waals surface area (Å²) in [7, 11) is 3.81. The Morgan fingerprint density at radius 3 is 2.64 bits per heavy atom. The molecule has 3 aliphatic carbocycles. The summed E-state index contributed by atoms with van der Waals surface area (Å²) in [5.41, 5.74) is 0.248. The smallest absolute Gasteiger partial charge is 0.145 e. The topological polar surface area (TPSA) is 30.5 Å². The Morgan fingerprint density at radius 1 is 1.32 bits per heavy atom. The van der Waals surface area contributed by atoms with E-state index in [1.807, 2.05) is 7.05 Å². The summed E-state index contributed by atoms with van der Waals surface area (Å²) >= 11 is 5.71. The summed E-state index contributed by atoms with van der Waals surface area (Å²) in [5, 5.41) is 3.60. The molecule has 0 radical (unpaired) electrons. The van der Waals surface area contributed by atoms with E-state index in [1.165, 1.54) is 12.1 Å². The van der Waals surface area contributed by atoms with Crippen LogP contribution in [0, 0.1) is 11.2 Å². The van der Waals surface area contributed by atoms with Crippen LogP contribution in [-0.2, 0) is 4.74 Å². The largest absolute Gasteiger partial charge is 0.493 e. The number of ether oxygens (including phenoxy) is 2. The zero-order valence-corrected chi connectivity index (χ0v) is 13.9. The Kier molecular flexibility index (Phi) is 4.36. The number of halogens is 2. The van der Waals surface area contributed by atoms with Crippen LogP contribution in [0.15, 0.2) is 18.2 Å². The second-order valence-electron chi connectivity index (χ2n) is 6.70. The molecule has 1 N–H and O–H groups in total. The van der Waals surface area contributed by atoms with Crippen molar-refractivity contribution in [2.24, 2.45) is 5.41 Å². The maximum absolute atomic E-state index is 13.5. The highest BCUT2D eigenvalue weighted by molar-refractivity contribution is 6.30. The lowest BCUT2D eigenvalue weighted by atomic mass is 9.56. The molecule has 0 aromatic heterocycles. The number of nitrogens with one attached hydrogen (secondary N) is 1. The molecule has 1 unspecified atom stereocenters. The molecule has 3 nitrogen and oxygen atoms in total. The predicted octanol–water partition coefficient (Wildman–Crippen LogP) is 3.80. The zero-order valence-electron chi connectivity index (χ0n) is 13.1. The number of methoxy groups -OCH3 is 1. The highest BCUT2D eigenvalue weighted by Gasteiger charge is 2.54. The summed E-state index contributed by atoms with van der Waals surface area (Å²) in [5.74, 6) is 0.106. The van der Waals surface area contributed by atoms with Crippen molar-refractivity contribution in [2.45, 2.75) is 43.7 Å². The van der Waals surface area contributed by atoms with Crippen LogP contribution >= 0.6 is 11.6 Å². The fourth-order valence-electron chi connectivity index (χ4n) is 4.07. The van der Waals surface area contributed by atoms with Gasteiger partial charge in [0.1, 0.15) is 11.6 Å². The van der Waals surface area contributed by atoms with Crippen molar-refractivity contribution in [2.75, 3.05) is 20.8 Å². The highest BCUT2D eigenvalue weighted by atomic mass is 35.5. The van der Waals surface area contributed by atoms with E-state index >= 15 is 0 Å². The molecule has 3 saturated carbocycles. The third-order valence-electron chi connectivity index (χ3n) is 5.66. The van der Waals surface area contributed by atoms with E-state index in [2.05, 4.69) is 5.32 Å². The zero-order chi connectivity index (χ0) is 15.8. The normalized spacial score (nSPS) is 33.9. The fourth-order valence-corrected chi connectivity index (χ4v) is 4.18. The van der Waals surface area contributed by atoms with Crippen LogP contribution in [0.4, 0.5) is 4.39 Å². The van der Waals surface area contributed by atoms with Gasteiger partial charge in [0.15, 0.2) is 0 Å². The molecule has 0 aliphatic heterocycles. The molecule has 0 spiro atoms. The second kappa shape index (κ2) is 5.99. The van der Waals surface area contributed by atoms with Gasteiger partial charge >= 0.3 is 0 Å². The lowest BCUT2D eigenvalue weighted by Gasteiger charge is -2.56. The Labute approximate surface area is 136 Å². The molecule has 0 amide bonds. The maximum Gasteiger partial charge on any atom is 0.145 e. The molecular formula is C17H23ClFNO2. The predicted molar refractivity (Wildman–Crippen MR) is 85.0 cm³/mol. The van der Waals surface area contributed by atoms with Crippen LogP contribution < -0.4 is 10.1 Å². The molecule has 0 saturated heterocycles. The molecule has 3 aliphatic rings. The lowest BCUT2D eigenvalue weighted by Crippen LogP contribution is -2.63. The number of hydrogen-bond donors (Lipinski definition) is 1. The maximum atomic E-state index is 13.5. The van der Waals surface area contributed by atoms with E-state index < -0.39 is 5.82 Å². The number of hydrogen-bond acceptors (Lipinski definition) is 3. The lowest BCUT2D eigenvalue weighted by molar-refractivity contribution is -0.112. The van der Waals surface area contributed by atoms with Gasteiger partial charge in [0.2, 0.25) is 0 Å². The van der Waals surface area contributed by atoms with E-state index in [0.717, 1.165) is 32.1 Å². The molecule has 22 heavy (non-hydrogen) atoms. The summed E-state index contributed by atoms with van der Waals surface area (Å²) in [6.45, 7) is 0.605. The van der Waals surface area contributed by atoms with Crippen LogP contribution in [0.5, 0.6) is 5.75 Å². The van der Waals surface area contributed by atoms with Gasteiger partial charge in [-0.05, 0) is 51.3 Å². The highest BCUT2D eigenvalue weighted by Crippen LogP contribution is 2.53. The quantitative estimate of drug-likeness (QED) is 0.892. The molecule has 1 atom stereocenters. The monoisotopic (exact) mass is 327 g/mol. The number of rotatable bonds is 5. The van der Waals surface area contributed by atoms with Crippen molar-refractivity contribution >= 4 is 11.6 Å². The van der Waals surface area contributed by atoms with Crippen molar-refractivity contribution < 1.29 is 13.9 Å². The van der Waals surface area contributed by atoms with Gasteiger partial charge < -0.3 is 14.8 Å².